The van der Waals surface area contributed by atoms with E-state index in [9.17, 15) is 9.59 Å². The fraction of sp³-hybridized carbons (Fsp3) is 0.385. The minimum Gasteiger partial charge on any atom is -0.481 e. The molecule has 0 spiro atoms. The molecule has 1 amide bonds. The minimum absolute atomic E-state index is 0.251. The zero-order valence-electron chi connectivity index (χ0n) is 10.7. The molecular formula is C13H15Cl2NO3. The van der Waals surface area contributed by atoms with E-state index in [0.717, 1.165) is 0 Å². The highest BCUT2D eigenvalue weighted by Gasteiger charge is 2.26. The lowest BCUT2D eigenvalue weighted by molar-refractivity contribution is -0.147. The zero-order valence-corrected chi connectivity index (χ0v) is 12.2. The van der Waals surface area contributed by atoms with Gasteiger partial charge in [-0.05, 0) is 38.5 Å². The Morgan fingerprint density at radius 3 is 2.53 bits per heavy atom. The molecular weight excluding hydrogens is 289 g/mol. The molecule has 104 valence electrons. The molecule has 0 unspecified atom stereocenters. The first-order chi connectivity index (χ1) is 8.74. The Labute approximate surface area is 121 Å². The summed E-state index contributed by atoms with van der Waals surface area (Å²) in [6, 6.07) is 4.61. The Kier molecular flexibility index (Phi) is 5.20. The Morgan fingerprint density at radius 2 is 1.95 bits per heavy atom. The van der Waals surface area contributed by atoms with Crippen molar-refractivity contribution in [3.63, 3.8) is 0 Å². The second kappa shape index (κ2) is 6.26. The van der Waals surface area contributed by atoms with Crippen LogP contribution in [0, 0.1) is 5.41 Å². The molecule has 1 aromatic carbocycles. The van der Waals surface area contributed by atoms with Gasteiger partial charge in [0, 0.05) is 11.6 Å². The van der Waals surface area contributed by atoms with Crippen LogP contribution in [0.15, 0.2) is 18.2 Å². The Morgan fingerprint density at radius 1 is 1.32 bits per heavy atom. The molecule has 0 aliphatic heterocycles. The summed E-state index contributed by atoms with van der Waals surface area (Å²) >= 11 is 11.7. The van der Waals surface area contributed by atoms with E-state index in [4.69, 9.17) is 28.3 Å². The molecule has 0 aliphatic rings. The summed E-state index contributed by atoms with van der Waals surface area (Å²) in [4.78, 5) is 22.8. The second-order valence-electron chi connectivity index (χ2n) is 4.82. The SMILES string of the molecule is CC(C)(CCNC(=O)c1cc(Cl)ccc1Cl)C(=O)O. The summed E-state index contributed by atoms with van der Waals surface area (Å²) in [6.07, 6.45) is 0.326. The lowest BCUT2D eigenvalue weighted by Crippen LogP contribution is -2.32. The second-order valence-corrected chi connectivity index (χ2v) is 5.66. The molecule has 1 rings (SSSR count). The standard InChI is InChI=1S/C13H15Cl2NO3/c1-13(2,12(18)19)5-6-16-11(17)9-7-8(14)3-4-10(9)15/h3-4,7H,5-6H2,1-2H3,(H,16,17)(H,18,19). The van der Waals surface area contributed by atoms with Crippen LogP contribution < -0.4 is 5.32 Å². The molecule has 0 fully saturated rings. The van der Waals surface area contributed by atoms with E-state index in [1.165, 1.54) is 6.07 Å². The van der Waals surface area contributed by atoms with Crippen molar-refractivity contribution in [2.45, 2.75) is 20.3 Å². The summed E-state index contributed by atoms with van der Waals surface area (Å²) in [5.41, 5.74) is -0.604. The first kappa shape index (κ1) is 15.8. The third kappa shape index (κ3) is 4.40. The van der Waals surface area contributed by atoms with Gasteiger partial charge in [0.15, 0.2) is 0 Å². The number of aliphatic carboxylic acids is 1. The third-order valence-electron chi connectivity index (χ3n) is 2.79. The van der Waals surface area contributed by atoms with E-state index < -0.39 is 11.4 Å². The number of carboxylic acids is 1. The highest BCUT2D eigenvalue weighted by atomic mass is 35.5. The maximum absolute atomic E-state index is 11.9. The fourth-order valence-electron chi connectivity index (χ4n) is 1.36. The maximum Gasteiger partial charge on any atom is 0.309 e. The van der Waals surface area contributed by atoms with Gasteiger partial charge in [0.05, 0.1) is 16.0 Å². The van der Waals surface area contributed by atoms with Crippen LogP contribution in [0.4, 0.5) is 0 Å². The van der Waals surface area contributed by atoms with Crippen LogP contribution in [0.2, 0.25) is 10.0 Å². The lowest BCUT2D eigenvalue weighted by atomic mass is 9.90. The van der Waals surface area contributed by atoms with Crippen LogP contribution in [0.25, 0.3) is 0 Å². The number of carbonyl (C=O) groups excluding carboxylic acids is 1. The Hall–Kier alpha value is -1.26. The highest BCUT2D eigenvalue weighted by molar-refractivity contribution is 6.35. The summed E-state index contributed by atoms with van der Waals surface area (Å²) in [5.74, 6) is -1.27. The summed E-state index contributed by atoms with van der Waals surface area (Å²) < 4.78 is 0. The molecule has 0 saturated heterocycles. The molecule has 0 aliphatic carbocycles. The molecule has 0 atom stereocenters. The van der Waals surface area contributed by atoms with Crippen LogP contribution in [-0.4, -0.2) is 23.5 Å². The monoisotopic (exact) mass is 303 g/mol. The van der Waals surface area contributed by atoms with E-state index in [1.807, 2.05) is 0 Å². The van der Waals surface area contributed by atoms with E-state index in [0.29, 0.717) is 16.5 Å². The van der Waals surface area contributed by atoms with Crippen LogP contribution in [0.1, 0.15) is 30.6 Å². The van der Waals surface area contributed by atoms with Crippen LogP contribution >= 0.6 is 23.2 Å². The number of halogens is 2. The number of nitrogens with one attached hydrogen (secondary N) is 1. The fourth-order valence-corrected chi connectivity index (χ4v) is 1.74. The number of rotatable bonds is 5. The molecule has 0 radical (unpaired) electrons. The minimum atomic E-state index is -0.900. The maximum atomic E-state index is 11.9. The topological polar surface area (TPSA) is 66.4 Å². The average molecular weight is 304 g/mol. The molecule has 6 heteroatoms. The Bertz CT molecular complexity index is 501. The largest absolute Gasteiger partial charge is 0.481 e. The lowest BCUT2D eigenvalue weighted by Gasteiger charge is -2.19. The molecule has 0 aromatic heterocycles. The number of hydrogen-bond acceptors (Lipinski definition) is 2. The molecule has 0 saturated carbocycles. The van der Waals surface area contributed by atoms with Gasteiger partial charge in [0.1, 0.15) is 0 Å². The Balaban J connectivity index is 2.62. The van der Waals surface area contributed by atoms with Gasteiger partial charge >= 0.3 is 5.97 Å². The predicted octanol–water partition coefficient (Wildman–Crippen LogP) is 3.22. The van der Waals surface area contributed by atoms with E-state index in [2.05, 4.69) is 5.32 Å². The smallest absolute Gasteiger partial charge is 0.309 e. The number of carbonyl (C=O) groups is 2. The normalized spacial score (nSPS) is 11.2. The number of benzene rings is 1. The van der Waals surface area contributed by atoms with Crippen molar-refractivity contribution in [2.75, 3.05) is 6.54 Å². The molecule has 19 heavy (non-hydrogen) atoms. The number of amides is 1. The van der Waals surface area contributed by atoms with E-state index >= 15 is 0 Å². The van der Waals surface area contributed by atoms with Crippen molar-refractivity contribution in [1.29, 1.82) is 0 Å². The van der Waals surface area contributed by atoms with Crippen molar-refractivity contribution in [2.24, 2.45) is 5.41 Å². The quantitative estimate of drug-likeness (QED) is 0.877. The summed E-state index contributed by atoms with van der Waals surface area (Å²) in [5, 5.41) is 12.3. The number of hydrogen-bond donors (Lipinski definition) is 2. The summed E-state index contributed by atoms with van der Waals surface area (Å²) in [6.45, 7) is 3.46. The van der Waals surface area contributed by atoms with Gasteiger partial charge in [-0.2, -0.15) is 0 Å². The van der Waals surface area contributed by atoms with Crippen LogP contribution in [0.5, 0.6) is 0 Å². The van der Waals surface area contributed by atoms with Crippen molar-refractivity contribution in [3.8, 4) is 0 Å². The van der Waals surface area contributed by atoms with Gasteiger partial charge in [-0.15, -0.1) is 0 Å². The molecule has 4 nitrogen and oxygen atoms in total. The number of carboxylic acid groups (broad SMARTS) is 1. The van der Waals surface area contributed by atoms with Gasteiger partial charge in [-0.1, -0.05) is 23.2 Å². The molecule has 0 bridgehead atoms. The summed E-state index contributed by atoms with van der Waals surface area (Å²) in [7, 11) is 0. The van der Waals surface area contributed by atoms with Gasteiger partial charge in [-0.3, -0.25) is 9.59 Å². The van der Waals surface area contributed by atoms with Crippen molar-refractivity contribution in [3.05, 3.63) is 33.8 Å². The third-order valence-corrected chi connectivity index (χ3v) is 3.35. The molecule has 2 N–H and O–H groups in total. The van der Waals surface area contributed by atoms with Gasteiger partial charge in [0.25, 0.3) is 5.91 Å². The predicted molar refractivity (Wildman–Crippen MR) is 74.8 cm³/mol. The molecule has 0 heterocycles. The highest BCUT2D eigenvalue weighted by Crippen LogP contribution is 2.21. The van der Waals surface area contributed by atoms with Crippen molar-refractivity contribution < 1.29 is 14.7 Å². The van der Waals surface area contributed by atoms with Crippen LogP contribution in [0.3, 0.4) is 0 Å². The van der Waals surface area contributed by atoms with Gasteiger partial charge in [0.2, 0.25) is 0 Å². The first-order valence-corrected chi connectivity index (χ1v) is 6.46. The average Bonchev–Trinajstić information content (AvgIpc) is 2.31. The van der Waals surface area contributed by atoms with Crippen molar-refractivity contribution >= 4 is 35.1 Å². The van der Waals surface area contributed by atoms with Gasteiger partial charge in [-0.25, -0.2) is 0 Å². The first-order valence-electron chi connectivity index (χ1n) is 5.70. The van der Waals surface area contributed by atoms with Crippen molar-refractivity contribution in [1.82, 2.24) is 5.32 Å². The zero-order chi connectivity index (χ0) is 14.6. The van der Waals surface area contributed by atoms with Crippen LogP contribution in [-0.2, 0) is 4.79 Å². The molecule has 1 aromatic rings. The van der Waals surface area contributed by atoms with Gasteiger partial charge < -0.3 is 10.4 Å². The van der Waals surface area contributed by atoms with E-state index in [1.54, 1.807) is 26.0 Å². The van der Waals surface area contributed by atoms with E-state index in [-0.39, 0.29) is 18.0 Å².